The van der Waals surface area contributed by atoms with Crippen LogP contribution in [0.1, 0.15) is 37.9 Å². The lowest BCUT2D eigenvalue weighted by molar-refractivity contribution is -0.127. The van der Waals surface area contributed by atoms with E-state index in [4.69, 9.17) is 9.26 Å². The van der Waals surface area contributed by atoms with E-state index in [-0.39, 0.29) is 11.3 Å². The lowest BCUT2D eigenvalue weighted by atomic mass is 9.75. The first-order valence-electron chi connectivity index (χ1n) is 7.38. The summed E-state index contributed by atoms with van der Waals surface area (Å²) in [5.74, 6) is 1.39. The van der Waals surface area contributed by atoms with Gasteiger partial charge in [0.25, 0.3) is 0 Å². The Kier molecular flexibility index (Phi) is 5.12. The lowest BCUT2D eigenvalue weighted by Crippen LogP contribution is -2.45. The number of rotatable bonds is 6. The zero-order valence-corrected chi connectivity index (χ0v) is 12.8. The van der Waals surface area contributed by atoms with Gasteiger partial charge in [-0.15, -0.1) is 0 Å². The van der Waals surface area contributed by atoms with Gasteiger partial charge in [0.2, 0.25) is 11.8 Å². The zero-order valence-electron chi connectivity index (χ0n) is 12.8. The number of piperidine rings is 1. The third kappa shape index (κ3) is 3.32. The van der Waals surface area contributed by atoms with Crippen molar-refractivity contribution in [2.24, 2.45) is 0 Å². The van der Waals surface area contributed by atoms with Crippen molar-refractivity contribution < 1.29 is 14.1 Å². The Morgan fingerprint density at radius 3 is 2.76 bits per heavy atom. The van der Waals surface area contributed by atoms with Gasteiger partial charge in [-0.1, -0.05) is 18.7 Å². The van der Waals surface area contributed by atoms with Crippen LogP contribution in [-0.2, 0) is 21.4 Å². The van der Waals surface area contributed by atoms with Crippen LogP contribution < -0.4 is 0 Å². The minimum atomic E-state index is -0.186. The molecule has 0 atom stereocenters. The Morgan fingerprint density at radius 2 is 2.24 bits per heavy atom. The molecule has 0 aliphatic carbocycles. The third-order valence-corrected chi connectivity index (χ3v) is 4.23. The van der Waals surface area contributed by atoms with Crippen LogP contribution in [0.4, 0.5) is 0 Å². The standard InChI is InChI=1S/C15H23N3O3/c1-4-12-16-14(21-17-12)15(8-11-20-3)6-9-18(10-7-15)13(19)5-2/h5H,2,4,6-11H2,1,3H3. The minimum Gasteiger partial charge on any atom is -0.385 e. The third-order valence-electron chi connectivity index (χ3n) is 4.23. The van der Waals surface area contributed by atoms with Crippen molar-refractivity contribution in [3.05, 3.63) is 24.4 Å². The Hall–Kier alpha value is -1.69. The van der Waals surface area contributed by atoms with Crippen molar-refractivity contribution in [2.75, 3.05) is 26.8 Å². The van der Waals surface area contributed by atoms with Crippen molar-refractivity contribution >= 4 is 5.91 Å². The maximum absolute atomic E-state index is 11.7. The van der Waals surface area contributed by atoms with Crippen molar-refractivity contribution in [1.29, 1.82) is 0 Å². The maximum Gasteiger partial charge on any atom is 0.245 e. The highest BCUT2D eigenvalue weighted by Crippen LogP contribution is 2.38. The molecule has 0 unspecified atom stereocenters. The van der Waals surface area contributed by atoms with E-state index in [1.54, 1.807) is 7.11 Å². The number of aromatic nitrogens is 2. The highest BCUT2D eigenvalue weighted by molar-refractivity contribution is 5.87. The van der Waals surface area contributed by atoms with Gasteiger partial charge in [-0.3, -0.25) is 4.79 Å². The summed E-state index contributed by atoms with van der Waals surface area (Å²) in [5.41, 5.74) is -0.186. The number of amides is 1. The second-order valence-corrected chi connectivity index (χ2v) is 5.42. The van der Waals surface area contributed by atoms with E-state index in [9.17, 15) is 4.79 Å². The van der Waals surface area contributed by atoms with Crippen LogP contribution in [0, 0.1) is 0 Å². The number of aryl methyl sites for hydroxylation is 1. The largest absolute Gasteiger partial charge is 0.385 e. The molecular weight excluding hydrogens is 270 g/mol. The van der Waals surface area contributed by atoms with E-state index in [1.807, 2.05) is 11.8 Å². The van der Waals surface area contributed by atoms with Gasteiger partial charge in [-0.25, -0.2) is 0 Å². The highest BCUT2D eigenvalue weighted by atomic mass is 16.5. The number of carbonyl (C=O) groups is 1. The van der Waals surface area contributed by atoms with Crippen LogP contribution in [0.2, 0.25) is 0 Å². The Morgan fingerprint density at radius 1 is 1.52 bits per heavy atom. The van der Waals surface area contributed by atoms with E-state index in [2.05, 4.69) is 16.7 Å². The summed E-state index contributed by atoms with van der Waals surface area (Å²) in [5, 5.41) is 4.01. The molecule has 1 aromatic rings. The maximum atomic E-state index is 11.7. The van der Waals surface area contributed by atoms with Crippen LogP contribution in [0.5, 0.6) is 0 Å². The predicted octanol–water partition coefficient (Wildman–Crippen LogP) is 1.71. The fourth-order valence-corrected chi connectivity index (χ4v) is 2.77. The normalized spacial score (nSPS) is 17.7. The average Bonchev–Trinajstić information content (AvgIpc) is 3.02. The molecule has 0 aromatic carbocycles. The Bertz CT molecular complexity index is 490. The number of hydrogen-bond donors (Lipinski definition) is 0. The fraction of sp³-hybridized carbons (Fsp3) is 0.667. The summed E-state index contributed by atoms with van der Waals surface area (Å²) >= 11 is 0. The number of nitrogens with zero attached hydrogens (tertiary/aromatic N) is 3. The molecule has 2 heterocycles. The van der Waals surface area contributed by atoms with E-state index in [0.717, 1.165) is 31.5 Å². The average molecular weight is 293 g/mol. The predicted molar refractivity (Wildman–Crippen MR) is 77.9 cm³/mol. The van der Waals surface area contributed by atoms with Crippen molar-refractivity contribution in [2.45, 2.75) is 38.0 Å². The van der Waals surface area contributed by atoms with Gasteiger partial charge >= 0.3 is 0 Å². The molecule has 1 fully saturated rings. The van der Waals surface area contributed by atoms with Crippen molar-refractivity contribution in [3.8, 4) is 0 Å². The molecule has 0 radical (unpaired) electrons. The molecule has 0 bridgehead atoms. The lowest BCUT2D eigenvalue weighted by Gasteiger charge is -2.39. The van der Waals surface area contributed by atoms with E-state index >= 15 is 0 Å². The summed E-state index contributed by atoms with van der Waals surface area (Å²) in [4.78, 5) is 18.0. The summed E-state index contributed by atoms with van der Waals surface area (Å²) < 4.78 is 10.7. The van der Waals surface area contributed by atoms with Crippen molar-refractivity contribution in [3.63, 3.8) is 0 Å². The first kappa shape index (κ1) is 15.7. The van der Waals surface area contributed by atoms with Gasteiger partial charge in [0.15, 0.2) is 5.82 Å². The molecule has 1 aliphatic heterocycles. The van der Waals surface area contributed by atoms with Crippen molar-refractivity contribution in [1.82, 2.24) is 15.0 Å². The number of ether oxygens (including phenoxy) is 1. The second-order valence-electron chi connectivity index (χ2n) is 5.42. The van der Waals surface area contributed by atoms with Gasteiger partial charge < -0.3 is 14.2 Å². The van der Waals surface area contributed by atoms with Crippen LogP contribution >= 0.6 is 0 Å². The highest BCUT2D eigenvalue weighted by Gasteiger charge is 2.41. The molecule has 0 N–H and O–H groups in total. The molecule has 116 valence electrons. The number of methoxy groups -OCH3 is 1. The van der Waals surface area contributed by atoms with Crippen LogP contribution in [0.3, 0.4) is 0 Å². The molecule has 1 aromatic heterocycles. The molecule has 1 amide bonds. The molecule has 0 saturated carbocycles. The smallest absolute Gasteiger partial charge is 0.245 e. The van der Waals surface area contributed by atoms with Crippen LogP contribution in [0.15, 0.2) is 17.2 Å². The molecule has 6 heteroatoms. The molecule has 1 aliphatic rings. The summed E-state index contributed by atoms with van der Waals surface area (Å²) in [6.07, 6.45) is 4.56. The second kappa shape index (κ2) is 6.85. The summed E-state index contributed by atoms with van der Waals surface area (Å²) in [7, 11) is 1.69. The van der Waals surface area contributed by atoms with E-state index in [1.165, 1.54) is 6.08 Å². The Labute approximate surface area is 125 Å². The molecule has 2 rings (SSSR count). The monoisotopic (exact) mass is 293 g/mol. The van der Waals surface area contributed by atoms with Gasteiger partial charge in [0.1, 0.15) is 0 Å². The molecular formula is C15H23N3O3. The van der Waals surface area contributed by atoms with Gasteiger partial charge in [0, 0.05) is 33.2 Å². The molecule has 21 heavy (non-hydrogen) atoms. The number of likely N-dealkylation sites (tertiary alicyclic amines) is 1. The van der Waals surface area contributed by atoms with Crippen LogP contribution in [-0.4, -0.2) is 47.8 Å². The van der Waals surface area contributed by atoms with E-state index < -0.39 is 0 Å². The summed E-state index contributed by atoms with van der Waals surface area (Å²) in [6, 6.07) is 0. The fourth-order valence-electron chi connectivity index (χ4n) is 2.77. The SMILES string of the molecule is C=CC(=O)N1CCC(CCOC)(c2nc(CC)no2)CC1. The topological polar surface area (TPSA) is 68.5 Å². The molecule has 1 saturated heterocycles. The quantitative estimate of drug-likeness (QED) is 0.747. The summed E-state index contributed by atoms with van der Waals surface area (Å²) in [6.45, 7) is 7.54. The number of carbonyl (C=O) groups excluding carboxylic acids is 1. The van der Waals surface area contributed by atoms with Gasteiger partial charge in [-0.2, -0.15) is 4.98 Å². The van der Waals surface area contributed by atoms with Gasteiger partial charge in [0.05, 0.1) is 5.41 Å². The van der Waals surface area contributed by atoms with Crippen LogP contribution in [0.25, 0.3) is 0 Å². The zero-order chi connectivity index (χ0) is 15.3. The molecule has 0 spiro atoms. The Balaban J connectivity index is 2.16. The first-order chi connectivity index (χ1) is 10.1. The molecule has 6 nitrogen and oxygen atoms in total. The first-order valence-corrected chi connectivity index (χ1v) is 7.38. The van der Waals surface area contributed by atoms with E-state index in [0.29, 0.717) is 25.6 Å². The number of hydrogen-bond acceptors (Lipinski definition) is 5. The van der Waals surface area contributed by atoms with Gasteiger partial charge in [-0.05, 0) is 25.3 Å². The minimum absolute atomic E-state index is 0.0184.